The average Bonchev–Trinajstić information content (AvgIpc) is 3.32. The first kappa shape index (κ1) is 24.4. The zero-order valence-electron chi connectivity index (χ0n) is 19.3. The minimum absolute atomic E-state index is 0.174. The lowest BCUT2D eigenvalue weighted by Crippen LogP contribution is -2.14. The number of hydrogen-bond acceptors (Lipinski definition) is 6. The minimum atomic E-state index is -3.71. The molecule has 0 radical (unpaired) electrons. The molecule has 4 rings (SSSR count). The molecule has 7 nitrogen and oxygen atoms in total. The summed E-state index contributed by atoms with van der Waals surface area (Å²) in [6, 6.07) is 20.5. The highest BCUT2D eigenvalue weighted by atomic mass is 32.2. The summed E-state index contributed by atoms with van der Waals surface area (Å²) < 4.78 is 33.2. The highest BCUT2D eigenvalue weighted by Crippen LogP contribution is 2.27. The summed E-state index contributed by atoms with van der Waals surface area (Å²) in [6.45, 7) is 4.62. The fourth-order valence-electron chi connectivity index (χ4n) is 3.20. The monoisotopic (exact) mass is 507 g/mol. The summed E-state index contributed by atoms with van der Waals surface area (Å²) in [5.41, 5.74) is 3.41. The molecule has 0 aliphatic carbocycles. The molecule has 0 unspecified atom stereocenters. The van der Waals surface area contributed by atoms with Crippen molar-refractivity contribution in [1.29, 1.82) is 0 Å². The molecule has 0 atom stereocenters. The van der Waals surface area contributed by atoms with Gasteiger partial charge >= 0.3 is 0 Å². The molecule has 1 aromatic heterocycles. The van der Waals surface area contributed by atoms with Gasteiger partial charge < -0.3 is 4.74 Å². The van der Waals surface area contributed by atoms with Gasteiger partial charge in [0.05, 0.1) is 17.2 Å². The summed E-state index contributed by atoms with van der Waals surface area (Å²) in [4.78, 5) is 17.3. The number of rotatable bonds is 9. The summed E-state index contributed by atoms with van der Waals surface area (Å²) in [5, 5.41) is 5.14. The van der Waals surface area contributed by atoms with Gasteiger partial charge in [-0.3, -0.25) is 14.8 Å². The largest absolute Gasteiger partial charge is 0.494 e. The Kier molecular flexibility index (Phi) is 7.48. The number of carbonyl (C=O) groups excluding carboxylic acids is 1. The maximum absolute atomic E-state index is 12.7. The zero-order chi connectivity index (χ0) is 24.8. The van der Waals surface area contributed by atoms with Gasteiger partial charge in [0.25, 0.3) is 15.9 Å². The third-order valence-electron chi connectivity index (χ3n) is 5.08. The zero-order valence-corrected chi connectivity index (χ0v) is 20.9. The van der Waals surface area contributed by atoms with Gasteiger partial charge in [-0.15, -0.1) is 11.3 Å². The fourth-order valence-corrected chi connectivity index (χ4v) is 4.97. The van der Waals surface area contributed by atoms with Crippen LogP contribution in [-0.4, -0.2) is 25.9 Å². The topological polar surface area (TPSA) is 97.4 Å². The Bertz CT molecular complexity index is 1400. The van der Waals surface area contributed by atoms with Gasteiger partial charge in [-0.25, -0.2) is 13.4 Å². The predicted molar refractivity (Wildman–Crippen MR) is 140 cm³/mol. The van der Waals surface area contributed by atoms with Gasteiger partial charge in [0.1, 0.15) is 5.75 Å². The first-order valence-corrected chi connectivity index (χ1v) is 13.4. The Labute approximate surface area is 208 Å². The number of hydrogen-bond donors (Lipinski definition) is 2. The summed E-state index contributed by atoms with van der Waals surface area (Å²) in [5.74, 6) is 0.478. The molecule has 0 fully saturated rings. The van der Waals surface area contributed by atoms with E-state index in [1.807, 2.05) is 36.6 Å². The van der Waals surface area contributed by atoms with E-state index in [9.17, 15) is 13.2 Å². The SMILES string of the molecule is CCCOc1ccc(-c2csc(NC(=O)c3ccc(NS(=O)(=O)c4ccc(C)cc4)cc3)n2)cc1. The third-order valence-corrected chi connectivity index (χ3v) is 7.23. The van der Waals surface area contributed by atoms with E-state index in [0.717, 1.165) is 29.0 Å². The van der Waals surface area contributed by atoms with Crippen LogP contribution in [-0.2, 0) is 10.0 Å². The number of carbonyl (C=O) groups is 1. The second-order valence-corrected chi connectivity index (χ2v) is 10.4. The van der Waals surface area contributed by atoms with E-state index in [1.54, 1.807) is 48.5 Å². The van der Waals surface area contributed by atoms with E-state index in [-0.39, 0.29) is 10.8 Å². The van der Waals surface area contributed by atoms with Gasteiger partial charge in [0.2, 0.25) is 0 Å². The summed E-state index contributed by atoms with van der Waals surface area (Å²) >= 11 is 1.33. The number of nitrogens with one attached hydrogen (secondary N) is 2. The fraction of sp³-hybridized carbons (Fsp3) is 0.154. The van der Waals surface area contributed by atoms with Crippen molar-refractivity contribution in [3.05, 3.63) is 89.3 Å². The predicted octanol–water partition coefficient (Wildman–Crippen LogP) is 5.96. The lowest BCUT2D eigenvalue weighted by molar-refractivity contribution is 0.102. The van der Waals surface area contributed by atoms with Crippen LogP contribution in [0.4, 0.5) is 10.8 Å². The van der Waals surface area contributed by atoms with E-state index in [0.29, 0.717) is 23.0 Å². The number of anilines is 2. The van der Waals surface area contributed by atoms with E-state index in [2.05, 4.69) is 21.9 Å². The van der Waals surface area contributed by atoms with Gasteiger partial charge in [-0.05, 0) is 74.0 Å². The maximum atomic E-state index is 12.7. The van der Waals surface area contributed by atoms with Crippen molar-refractivity contribution >= 4 is 38.1 Å². The molecule has 4 aromatic rings. The molecular formula is C26H25N3O4S2. The Morgan fingerprint density at radius 1 is 0.971 bits per heavy atom. The second-order valence-electron chi connectivity index (χ2n) is 7.86. The van der Waals surface area contributed by atoms with Crippen LogP contribution < -0.4 is 14.8 Å². The van der Waals surface area contributed by atoms with E-state index >= 15 is 0 Å². The van der Waals surface area contributed by atoms with Crippen molar-refractivity contribution in [2.75, 3.05) is 16.6 Å². The van der Waals surface area contributed by atoms with Crippen molar-refractivity contribution in [3.8, 4) is 17.0 Å². The van der Waals surface area contributed by atoms with Gasteiger partial charge in [0.15, 0.2) is 5.13 Å². The van der Waals surface area contributed by atoms with E-state index < -0.39 is 10.0 Å². The molecule has 1 amide bonds. The first-order chi connectivity index (χ1) is 16.8. The molecule has 3 aromatic carbocycles. The molecule has 2 N–H and O–H groups in total. The van der Waals surface area contributed by atoms with Crippen molar-refractivity contribution in [2.24, 2.45) is 0 Å². The van der Waals surface area contributed by atoms with Crippen LogP contribution in [0.5, 0.6) is 5.75 Å². The van der Waals surface area contributed by atoms with Crippen LogP contribution in [0.15, 0.2) is 83.1 Å². The Hall–Kier alpha value is -3.69. The highest BCUT2D eigenvalue weighted by molar-refractivity contribution is 7.92. The van der Waals surface area contributed by atoms with Crippen molar-refractivity contribution in [3.63, 3.8) is 0 Å². The normalized spacial score (nSPS) is 11.1. The van der Waals surface area contributed by atoms with Gasteiger partial charge in [-0.1, -0.05) is 24.6 Å². The van der Waals surface area contributed by atoms with Crippen molar-refractivity contribution in [2.45, 2.75) is 25.2 Å². The number of aromatic nitrogens is 1. The lowest BCUT2D eigenvalue weighted by atomic mass is 10.2. The third kappa shape index (κ3) is 6.26. The Morgan fingerprint density at radius 2 is 1.66 bits per heavy atom. The molecule has 0 bridgehead atoms. The first-order valence-electron chi connectivity index (χ1n) is 11.0. The van der Waals surface area contributed by atoms with Crippen LogP contribution >= 0.6 is 11.3 Å². The Morgan fingerprint density at radius 3 is 2.31 bits per heavy atom. The van der Waals surface area contributed by atoms with Crippen LogP contribution in [0.2, 0.25) is 0 Å². The molecule has 0 aliphatic heterocycles. The minimum Gasteiger partial charge on any atom is -0.494 e. The number of sulfonamides is 1. The molecule has 0 spiro atoms. The quantitative estimate of drug-likeness (QED) is 0.291. The van der Waals surface area contributed by atoms with Crippen molar-refractivity contribution < 1.29 is 17.9 Å². The molecular weight excluding hydrogens is 482 g/mol. The number of thiazole rings is 1. The summed E-state index contributed by atoms with van der Waals surface area (Å²) in [7, 11) is -3.71. The number of aryl methyl sites for hydroxylation is 1. The molecule has 180 valence electrons. The molecule has 0 aliphatic rings. The summed E-state index contributed by atoms with van der Waals surface area (Å²) in [6.07, 6.45) is 0.947. The number of nitrogens with zero attached hydrogens (tertiary/aromatic N) is 1. The average molecular weight is 508 g/mol. The number of amides is 1. The van der Waals surface area contributed by atoms with E-state index in [1.165, 1.54) is 11.3 Å². The van der Waals surface area contributed by atoms with E-state index in [4.69, 9.17) is 4.74 Å². The van der Waals surface area contributed by atoms with Gasteiger partial charge in [-0.2, -0.15) is 0 Å². The van der Waals surface area contributed by atoms with Gasteiger partial charge in [0, 0.05) is 22.2 Å². The molecule has 0 saturated carbocycles. The molecule has 0 saturated heterocycles. The van der Waals surface area contributed by atoms with Crippen LogP contribution in [0.1, 0.15) is 29.3 Å². The number of ether oxygens (including phenoxy) is 1. The highest BCUT2D eigenvalue weighted by Gasteiger charge is 2.15. The smallest absolute Gasteiger partial charge is 0.261 e. The number of benzene rings is 3. The Balaban J connectivity index is 1.38. The molecule has 35 heavy (non-hydrogen) atoms. The maximum Gasteiger partial charge on any atom is 0.261 e. The second kappa shape index (κ2) is 10.7. The molecule has 9 heteroatoms. The standard InChI is InChI=1S/C26H25N3O4S2/c1-3-16-33-22-12-8-19(9-13-22)24-17-34-26(27-24)28-25(30)20-6-10-21(11-7-20)29-35(31,32)23-14-4-18(2)5-15-23/h4-15,17,29H,3,16H2,1-2H3,(H,27,28,30). The lowest BCUT2D eigenvalue weighted by Gasteiger charge is -2.09. The molecule has 1 heterocycles. The van der Waals surface area contributed by atoms with Crippen LogP contribution in [0.3, 0.4) is 0 Å². The van der Waals surface area contributed by atoms with Crippen LogP contribution in [0.25, 0.3) is 11.3 Å². The van der Waals surface area contributed by atoms with Crippen molar-refractivity contribution in [1.82, 2.24) is 4.98 Å². The van der Waals surface area contributed by atoms with Crippen LogP contribution in [0, 0.1) is 6.92 Å².